The van der Waals surface area contributed by atoms with E-state index >= 15 is 0 Å². The number of nitrogens with one attached hydrogen (secondary N) is 3. The van der Waals surface area contributed by atoms with Gasteiger partial charge in [-0.05, 0) is 91.2 Å². The highest BCUT2D eigenvalue weighted by molar-refractivity contribution is 9.10. The third-order valence-electron chi connectivity index (χ3n) is 7.14. The second kappa shape index (κ2) is 15.5. The van der Waals surface area contributed by atoms with Crippen LogP contribution in [0.2, 0.25) is 0 Å². The number of benzene rings is 5. The van der Waals surface area contributed by atoms with Crippen LogP contribution in [-0.2, 0) is 9.59 Å². The van der Waals surface area contributed by atoms with Gasteiger partial charge in [-0.15, -0.1) is 11.8 Å². The molecule has 0 radical (unpaired) electrons. The average Bonchev–Trinajstić information content (AvgIpc) is 3.06. The molecule has 0 unspecified atom stereocenters. The van der Waals surface area contributed by atoms with Gasteiger partial charge < -0.3 is 16.0 Å². The monoisotopic (exact) mass is 707 g/mol. The van der Waals surface area contributed by atoms with Crippen molar-refractivity contribution < 1.29 is 18.8 Å². The number of hydrogen-bond acceptors (Lipinski definition) is 4. The average molecular weight is 709 g/mol. The Balaban J connectivity index is 1.34. The Kier molecular flexibility index (Phi) is 11.0. The number of hydrogen-bond donors (Lipinski definition) is 3. The van der Waals surface area contributed by atoms with E-state index in [0.717, 1.165) is 31.7 Å². The third-order valence-corrected chi connectivity index (χ3v) is 8.93. The highest BCUT2D eigenvalue weighted by Gasteiger charge is 2.23. The quantitative estimate of drug-likeness (QED) is 0.0999. The molecule has 0 aromatic heterocycles. The molecule has 6 nitrogen and oxygen atoms in total. The van der Waals surface area contributed by atoms with E-state index in [-0.39, 0.29) is 17.2 Å². The van der Waals surface area contributed by atoms with E-state index in [9.17, 15) is 18.8 Å². The van der Waals surface area contributed by atoms with E-state index in [1.54, 1.807) is 42.5 Å². The largest absolute Gasteiger partial charge is 0.325 e. The number of aryl methyl sites for hydroxylation is 2. The van der Waals surface area contributed by atoms with Gasteiger partial charge in [0, 0.05) is 20.7 Å². The van der Waals surface area contributed by atoms with Gasteiger partial charge in [0.1, 0.15) is 16.8 Å². The van der Waals surface area contributed by atoms with Crippen LogP contribution in [0.5, 0.6) is 0 Å². The van der Waals surface area contributed by atoms with Crippen LogP contribution in [0.4, 0.5) is 15.8 Å². The number of halogens is 2. The summed E-state index contributed by atoms with van der Waals surface area (Å²) in [7, 11) is 0. The molecule has 5 aromatic carbocycles. The van der Waals surface area contributed by atoms with Crippen molar-refractivity contribution in [1.29, 1.82) is 0 Å². The normalized spacial score (nSPS) is 11.8. The fraction of sp³-hybridized carbons (Fsp3) is 0.0789. The lowest BCUT2D eigenvalue weighted by Crippen LogP contribution is -2.31. The van der Waals surface area contributed by atoms with Gasteiger partial charge in [-0.2, -0.15) is 0 Å². The minimum atomic E-state index is -0.751. The van der Waals surface area contributed by atoms with Crippen molar-refractivity contribution in [1.82, 2.24) is 5.32 Å². The summed E-state index contributed by atoms with van der Waals surface area (Å²) >= 11 is 4.78. The summed E-state index contributed by atoms with van der Waals surface area (Å²) in [6.07, 6.45) is 1.52. The van der Waals surface area contributed by atoms with E-state index in [2.05, 4.69) is 31.9 Å². The molecular weight excluding hydrogens is 677 g/mol. The van der Waals surface area contributed by atoms with Gasteiger partial charge in [-0.1, -0.05) is 88.2 Å². The summed E-state index contributed by atoms with van der Waals surface area (Å²) in [5.41, 5.74) is 4.59. The molecule has 0 aliphatic rings. The number of amides is 3. The molecule has 0 heterocycles. The minimum absolute atomic E-state index is 0.0637. The third kappa shape index (κ3) is 9.06. The van der Waals surface area contributed by atoms with Gasteiger partial charge in [0.2, 0.25) is 5.91 Å². The Morgan fingerprint density at radius 3 is 2.15 bits per heavy atom. The first-order chi connectivity index (χ1) is 22.7. The second-order valence-electron chi connectivity index (χ2n) is 10.7. The zero-order valence-electron chi connectivity index (χ0n) is 25.6. The van der Waals surface area contributed by atoms with Crippen molar-refractivity contribution in [3.05, 3.63) is 165 Å². The van der Waals surface area contributed by atoms with Gasteiger partial charge in [0.05, 0.1) is 5.56 Å². The standard InChI is InChI=1S/C38H31BrFN3O3S/c1-24-12-21-33(25(2)22-24)42-38(46)35(27-8-4-3-5-9-27)47-30-19-17-29(18-20-30)41-37(45)34(23-26-13-15-28(39)16-14-26)43-36(44)31-10-6-7-11-32(31)40/h3-23,35H,1-2H3,(H,41,45)(H,42,46)(H,43,44)/b34-23+/t35-/m1/s1. The maximum atomic E-state index is 14.3. The van der Waals surface area contributed by atoms with Crippen LogP contribution < -0.4 is 16.0 Å². The molecule has 3 N–H and O–H groups in total. The van der Waals surface area contributed by atoms with Crippen LogP contribution in [-0.4, -0.2) is 17.7 Å². The number of anilines is 2. The Morgan fingerprint density at radius 1 is 0.787 bits per heavy atom. The first-order valence-corrected chi connectivity index (χ1v) is 16.4. The molecule has 0 aliphatic carbocycles. The summed E-state index contributed by atoms with van der Waals surface area (Å²) < 4.78 is 15.2. The molecule has 9 heteroatoms. The zero-order valence-corrected chi connectivity index (χ0v) is 28.0. The maximum absolute atomic E-state index is 14.3. The second-order valence-corrected chi connectivity index (χ2v) is 12.8. The fourth-order valence-electron chi connectivity index (χ4n) is 4.72. The van der Waals surface area contributed by atoms with E-state index in [1.807, 2.05) is 74.5 Å². The van der Waals surface area contributed by atoms with Crippen LogP contribution in [0.15, 0.2) is 136 Å². The van der Waals surface area contributed by atoms with Crippen molar-refractivity contribution in [3.8, 4) is 0 Å². The number of thioether (sulfide) groups is 1. The fourth-order valence-corrected chi connectivity index (χ4v) is 6.01. The van der Waals surface area contributed by atoms with Crippen molar-refractivity contribution in [2.24, 2.45) is 0 Å². The summed E-state index contributed by atoms with van der Waals surface area (Å²) in [4.78, 5) is 40.7. The van der Waals surface area contributed by atoms with E-state index < -0.39 is 22.9 Å². The zero-order chi connectivity index (χ0) is 33.3. The summed E-state index contributed by atoms with van der Waals surface area (Å²) in [5, 5.41) is 7.91. The summed E-state index contributed by atoms with van der Waals surface area (Å²) in [5.74, 6) is -2.19. The molecule has 47 heavy (non-hydrogen) atoms. The highest BCUT2D eigenvalue weighted by Crippen LogP contribution is 2.37. The van der Waals surface area contributed by atoms with Crippen LogP contribution in [0, 0.1) is 19.7 Å². The smallest absolute Gasteiger partial charge is 0.272 e. The van der Waals surface area contributed by atoms with Crippen molar-refractivity contribution in [2.45, 2.75) is 24.0 Å². The Bertz CT molecular complexity index is 1930. The predicted octanol–water partition coefficient (Wildman–Crippen LogP) is 9.09. The van der Waals surface area contributed by atoms with Gasteiger partial charge in [0.25, 0.3) is 11.8 Å². The highest BCUT2D eigenvalue weighted by atomic mass is 79.9. The molecule has 236 valence electrons. The van der Waals surface area contributed by atoms with Gasteiger partial charge in [-0.3, -0.25) is 14.4 Å². The summed E-state index contributed by atoms with van der Waals surface area (Å²) in [6, 6.07) is 35.2. The number of rotatable bonds is 10. The molecule has 0 saturated carbocycles. The van der Waals surface area contributed by atoms with Gasteiger partial charge in [0.15, 0.2) is 0 Å². The first kappa shape index (κ1) is 33.4. The van der Waals surface area contributed by atoms with Crippen molar-refractivity contribution >= 4 is 62.9 Å². The maximum Gasteiger partial charge on any atom is 0.272 e. The predicted molar refractivity (Wildman–Crippen MR) is 191 cm³/mol. The van der Waals surface area contributed by atoms with Gasteiger partial charge in [-0.25, -0.2) is 4.39 Å². The molecule has 1 atom stereocenters. The molecule has 3 amide bonds. The SMILES string of the molecule is Cc1ccc(NC(=O)[C@H](Sc2ccc(NC(=O)/C(=C\c3ccc(Br)cc3)NC(=O)c3ccccc3F)cc2)c2ccccc2)c(C)c1. The molecule has 0 bridgehead atoms. The van der Waals surface area contributed by atoms with Crippen LogP contribution in [0.1, 0.15) is 37.9 Å². The van der Waals surface area contributed by atoms with Crippen LogP contribution in [0.25, 0.3) is 6.08 Å². The van der Waals surface area contributed by atoms with Crippen LogP contribution >= 0.6 is 27.7 Å². The summed E-state index contributed by atoms with van der Waals surface area (Å²) in [6.45, 7) is 3.97. The Labute approximate surface area is 285 Å². The topological polar surface area (TPSA) is 87.3 Å². The van der Waals surface area contributed by atoms with E-state index in [0.29, 0.717) is 11.3 Å². The first-order valence-electron chi connectivity index (χ1n) is 14.7. The van der Waals surface area contributed by atoms with Crippen molar-refractivity contribution in [2.75, 3.05) is 10.6 Å². The molecule has 0 fully saturated rings. The van der Waals surface area contributed by atoms with E-state index in [4.69, 9.17) is 0 Å². The number of carbonyl (C=O) groups excluding carboxylic acids is 3. The molecule has 0 spiro atoms. The lowest BCUT2D eigenvalue weighted by molar-refractivity contribution is -0.116. The number of carbonyl (C=O) groups is 3. The lowest BCUT2D eigenvalue weighted by Gasteiger charge is -2.18. The molecule has 0 aliphatic heterocycles. The molecule has 0 saturated heterocycles. The van der Waals surface area contributed by atoms with Crippen LogP contribution in [0.3, 0.4) is 0 Å². The van der Waals surface area contributed by atoms with Crippen molar-refractivity contribution in [3.63, 3.8) is 0 Å². The molecule has 5 aromatic rings. The van der Waals surface area contributed by atoms with E-state index in [1.165, 1.54) is 36.0 Å². The minimum Gasteiger partial charge on any atom is -0.325 e. The molecular formula is C38H31BrFN3O3S. The lowest BCUT2D eigenvalue weighted by atomic mass is 10.1. The Morgan fingerprint density at radius 2 is 1.47 bits per heavy atom. The molecule has 5 rings (SSSR count). The Hall–Kier alpha value is -4.99. The van der Waals surface area contributed by atoms with Gasteiger partial charge >= 0.3 is 0 Å².